The van der Waals surface area contributed by atoms with E-state index in [1.165, 1.54) is 0 Å². The van der Waals surface area contributed by atoms with Crippen LogP contribution in [0.2, 0.25) is 0 Å². The number of nitrogens with two attached hydrogens (primary N) is 1. The zero-order valence-corrected chi connectivity index (χ0v) is 11.0. The quantitative estimate of drug-likeness (QED) is 0.852. The number of anilines is 1. The van der Waals surface area contributed by atoms with Gasteiger partial charge in [-0.15, -0.1) is 0 Å². The number of hydrogen-bond acceptors (Lipinski definition) is 3. The second-order valence-corrected chi connectivity index (χ2v) is 5.38. The van der Waals surface area contributed by atoms with Crippen LogP contribution in [0.1, 0.15) is 33.3 Å². The lowest BCUT2D eigenvalue weighted by atomic mass is 9.87. The van der Waals surface area contributed by atoms with Crippen LogP contribution in [-0.4, -0.2) is 18.1 Å². The fourth-order valence-corrected chi connectivity index (χ4v) is 1.53. The largest absolute Gasteiger partial charge is 0.356 e. The topological polar surface area (TPSA) is 42.1 Å². The zero-order valence-electron chi connectivity index (χ0n) is 11.0. The second kappa shape index (κ2) is 4.83. The van der Waals surface area contributed by atoms with Crippen molar-refractivity contribution < 1.29 is 0 Å². The van der Waals surface area contributed by atoms with Crippen molar-refractivity contribution in [3.05, 3.63) is 23.9 Å². The van der Waals surface area contributed by atoms with E-state index in [2.05, 4.69) is 44.6 Å². The van der Waals surface area contributed by atoms with E-state index in [1.807, 2.05) is 18.3 Å². The van der Waals surface area contributed by atoms with Gasteiger partial charge in [-0.1, -0.05) is 26.8 Å². The number of hydrogen-bond donors (Lipinski definition) is 1. The maximum absolute atomic E-state index is 5.55. The molecule has 0 amide bonds. The smallest absolute Gasteiger partial charge is 0.128 e. The van der Waals surface area contributed by atoms with Crippen LogP contribution in [0, 0.1) is 5.41 Å². The number of aromatic nitrogens is 1. The normalized spacial score (nSPS) is 13.6. The third-order valence-electron chi connectivity index (χ3n) is 3.24. The lowest BCUT2D eigenvalue weighted by Gasteiger charge is -2.36. The van der Waals surface area contributed by atoms with Crippen molar-refractivity contribution in [1.82, 2.24) is 4.98 Å². The van der Waals surface area contributed by atoms with Crippen LogP contribution in [0.5, 0.6) is 0 Å². The number of rotatable bonds is 3. The predicted octanol–water partition coefficient (Wildman–Crippen LogP) is 2.41. The first-order valence-corrected chi connectivity index (χ1v) is 5.74. The Labute approximate surface area is 98.7 Å². The molecule has 0 radical (unpaired) electrons. The molecule has 1 rings (SSSR count). The summed E-state index contributed by atoms with van der Waals surface area (Å²) in [5.74, 6) is 1.000. The molecule has 90 valence electrons. The molecule has 0 saturated carbocycles. The van der Waals surface area contributed by atoms with Crippen LogP contribution in [0.15, 0.2) is 18.3 Å². The lowest BCUT2D eigenvalue weighted by molar-refractivity contribution is 0.328. The highest BCUT2D eigenvalue weighted by Crippen LogP contribution is 2.26. The molecule has 1 heterocycles. The van der Waals surface area contributed by atoms with Crippen LogP contribution in [0.4, 0.5) is 5.82 Å². The first-order chi connectivity index (χ1) is 7.36. The fourth-order valence-electron chi connectivity index (χ4n) is 1.53. The minimum absolute atomic E-state index is 0.239. The third-order valence-corrected chi connectivity index (χ3v) is 3.24. The second-order valence-electron chi connectivity index (χ2n) is 5.38. The van der Waals surface area contributed by atoms with Crippen LogP contribution >= 0.6 is 0 Å². The van der Waals surface area contributed by atoms with Gasteiger partial charge in [0.1, 0.15) is 5.82 Å². The number of pyridine rings is 1. The van der Waals surface area contributed by atoms with E-state index in [1.54, 1.807) is 0 Å². The standard InChI is InChI=1S/C13H23N3/c1-10(13(2,3)4)16(5)12-7-6-11(8-14)9-15-12/h6-7,9-10H,8,14H2,1-5H3. The van der Waals surface area contributed by atoms with Gasteiger partial charge in [0.15, 0.2) is 0 Å². The van der Waals surface area contributed by atoms with E-state index >= 15 is 0 Å². The van der Waals surface area contributed by atoms with Gasteiger partial charge in [0.25, 0.3) is 0 Å². The molecule has 16 heavy (non-hydrogen) atoms. The van der Waals surface area contributed by atoms with E-state index in [9.17, 15) is 0 Å². The molecule has 1 aromatic heterocycles. The predicted molar refractivity (Wildman–Crippen MR) is 69.4 cm³/mol. The Morgan fingerprint density at radius 3 is 2.38 bits per heavy atom. The molecule has 3 nitrogen and oxygen atoms in total. The Kier molecular flexibility index (Phi) is 3.92. The molecule has 1 aromatic rings. The van der Waals surface area contributed by atoms with Crippen molar-refractivity contribution in [3.63, 3.8) is 0 Å². The van der Waals surface area contributed by atoms with Gasteiger partial charge in [0, 0.05) is 25.8 Å². The molecule has 0 aliphatic carbocycles. The summed E-state index contributed by atoms with van der Waals surface area (Å²) in [5.41, 5.74) is 6.86. The monoisotopic (exact) mass is 221 g/mol. The summed E-state index contributed by atoms with van der Waals surface area (Å²) >= 11 is 0. The van der Waals surface area contributed by atoms with Gasteiger partial charge >= 0.3 is 0 Å². The first kappa shape index (κ1) is 13.0. The third kappa shape index (κ3) is 2.95. The molecule has 2 N–H and O–H groups in total. The molecule has 3 heteroatoms. The molecule has 0 aromatic carbocycles. The van der Waals surface area contributed by atoms with Crippen LogP contribution in [0.25, 0.3) is 0 Å². The highest BCUT2D eigenvalue weighted by molar-refractivity contribution is 5.39. The molecular weight excluding hydrogens is 198 g/mol. The minimum atomic E-state index is 0.239. The molecule has 0 fully saturated rings. The van der Waals surface area contributed by atoms with Gasteiger partial charge in [0.2, 0.25) is 0 Å². The minimum Gasteiger partial charge on any atom is -0.356 e. The molecule has 1 atom stereocenters. The average Bonchev–Trinajstić information content (AvgIpc) is 2.26. The van der Waals surface area contributed by atoms with Gasteiger partial charge in [-0.3, -0.25) is 0 Å². The fraction of sp³-hybridized carbons (Fsp3) is 0.615. The summed E-state index contributed by atoms with van der Waals surface area (Å²) in [5, 5.41) is 0. The Morgan fingerprint density at radius 1 is 1.38 bits per heavy atom. The van der Waals surface area contributed by atoms with E-state index in [-0.39, 0.29) is 5.41 Å². The molecule has 1 unspecified atom stereocenters. The highest BCUT2D eigenvalue weighted by Gasteiger charge is 2.24. The van der Waals surface area contributed by atoms with Crippen molar-refractivity contribution in [2.75, 3.05) is 11.9 Å². The van der Waals surface area contributed by atoms with Gasteiger partial charge in [0.05, 0.1) is 0 Å². The Balaban J connectivity index is 2.84. The van der Waals surface area contributed by atoms with E-state index in [0.29, 0.717) is 12.6 Å². The zero-order chi connectivity index (χ0) is 12.3. The van der Waals surface area contributed by atoms with Crippen LogP contribution in [0.3, 0.4) is 0 Å². The van der Waals surface area contributed by atoms with Gasteiger partial charge < -0.3 is 10.6 Å². The summed E-state index contributed by atoms with van der Waals surface area (Å²) in [4.78, 5) is 6.64. The summed E-state index contributed by atoms with van der Waals surface area (Å²) in [7, 11) is 2.08. The van der Waals surface area contributed by atoms with Crippen molar-refractivity contribution >= 4 is 5.82 Å². The highest BCUT2D eigenvalue weighted by atomic mass is 15.2. The van der Waals surface area contributed by atoms with Gasteiger partial charge in [-0.25, -0.2) is 4.98 Å². The lowest BCUT2D eigenvalue weighted by Crippen LogP contribution is -2.39. The van der Waals surface area contributed by atoms with Crippen molar-refractivity contribution in [2.45, 2.75) is 40.3 Å². The van der Waals surface area contributed by atoms with E-state index in [0.717, 1.165) is 11.4 Å². The van der Waals surface area contributed by atoms with E-state index in [4.69, 9.17) is 5.73 Å². The molecule has 0 aliphatic heterocycles. The maximum atomic E-state index is 5.55. The van der Waals surface area contributed by atoms with Crippen LogP contribution in [-0.2, 0) is 6.54 Å². The number of nitrogens with zero attached hydrogens (tertiary/aromatic N) is 2. The average molecular weight is 221 g/mol. The van der Waals surface area contributed by atoms with Gasteiger partial charge in [-0.05, 0) is 24.0 Å². The van der Waals surface area contributed by atoms with Crippen LogP contribution < -0.4 is 10.6 Å². The molecule has 0 saturated heterocycles. The van der Waals surface area contributed by atoms with Crippen molar-refractivity contribution in [1.29, 1.82) is 0 Å². The maximum Gasteiger partial charge on any atom is 0.128 e. The SMILES string of the molecule is CC(N(C)c1ccc(CN)cn1)C(C)(C)C. The summed E-state index contributed by atoms with van der Waals surface area (Å²) in [6.07, 6.45) is 1.85. The molecule has 0 bridgehead atoms. The summed E-state index contributed by atoms with van der Waals surface area (Å²) in [6.45, 7) is 9.48. The Morgan fingerprint density at radius 2 is 2.00 bits per heavy atom. The Hall–Kier alpha value is -1.09. The van der Waals surface area contributed by atoms with Gasteiger partial charge in [-0.2, -0.15) is 0 Å². The molecule has 0 aliphatic rings. The van der Waals surface area contributed by atoms with E-state index < -0.39 is 0 Å². The first-order valence-electron chi connectivity index (χ1n) is 5.74. The molecule has 0 spiro atoms. The summed E-state index contributed by atoms with van der Waals surface area (Å²) in [6, 6.07) is 4.50. The van der Waals surface area contributed by atoms with Crippen molar-refractivity contribution in [3.8, 4) is 0 Å². The summed E-state index contributed by atoms with van der Waals surface area (Å²) < 4.78 is 0. The Bertz CT molecular complexity index is 324. The van der Waals surface area contributed by atoms with Crippen molar-refractivity contribution in [2.24, 2.45) is 11.1 Å². The molecular formula is C13H23N3.